The van der Waals surface area contributed by atoms with E-state index < -0.39 is 0 Å². The van der Waals surface area contributed by atoms with Gasteiger partial charge < -0.3 is 26.4 Å². The minimum absolute atomic E-state index is 0.00149. The second-order valence-electron chi connectivity index (χ2n) is 8.58. The van der Waals surface area contributed by atoms with Crippen molar-refractivity contribution in [2.75, 3.05) is 29.5 Å². The molecule has 168 valence electrons. The Kier molecular flexibility index (Phi) is 5.42. The van der Waals surface area contributed by atoms with Crippen molar-refractivity contribution in [3.8, 4) is 11.3 Å². The number of hydrogen-bond acceptors (Lipinski definition) is 8. The Morgan fingerprint density at radius 3 is 2.81 bits per heavy atom. The largest absolute Gasteiger partial charge is 0.446 e. The van der Waals surface area contributed by atoms with E-state index in [0.29, 0.717) is 12.4 Å². The molecule has 1 amide bonds. The summed E-state index contributed by atoms with van der Waals surface area (Å²) in [6.45, 7) is 1.48. The lowest BCUT2D eigenvalue weighted by Crippen LogP contribution is -2.48. The molecule has 1 atom stereocenters. The lowest BCUT2D eigenvalue weighted by Gasteiger charge is -2.34. The van der Waals surface area contributed by atoms with Crippen LogP contribution in [0.1, 0.15) is 38.5 Å². The minimum atomic E-state index is -0.321. The van der Waals surface area contributed by atoms with Crippen molar-refractivity contribution >= 4 is 34.6 Å². The fraction of sp³-hybridized carbons (Fsp3) is 0.455. The number of amides is 1. The van der Waals surface area contributed by atoms with Crippen molar-refractivity contribution < 1.29 is 9.53 Å². The van der Waals surface area contributed by atoms with Gasteiger partial charge in [0.1, 0.15) is 11.9 Å². The van der Waals surface area contributed by atoms with Gasteiger partial charge in [0.15, 0.2) is 5.82 Å². The molecule has 1 aliphatic heterocycles. The summed E-state index contributed by atoms with van der Waals surface area (Å²) < 4.78 is 5.56. The maximum atomic E-state index is 12.3. The fourth-order valence-electron chi connectivity index (χ4n) is 4.62. The van der Waals surface area contributed by atoms with Gasteiger partial charge in [-0.2, -0.15) is 10.1 Å². The lowest BCUT2D eigenvalue weighted by atomic mass is 10.1. The number of H-pyrrole nitrogens is 1. The molecule has 0 bridgehead atoms. The Morgan fingerprint density at radius 2 is 1.97 bits per heavy atom. The van der Waals surface area contributed by atoms with Crippen molar-refractivity contribution in [3.05, 3.63) is 24.3 Å². The number of nitrogens with two attached hydrogens (primary N) is 2. The van der Waals surface area contributed by atoms with Crippen molar-refractivity contribution in [1.82, 2.24) is 25.5 Å². The molecule has 10 nitrogen and oxygen atoms in total. The van der Waals surface area contributed by atoms with Crippen LogP contribution < -0.4 is 21.7 Å². The fourth-order valence-corrected chi connectivity index (χ4v) is 4.62. The van der Waals surface area contributed by atoms with E-state index in [0.717, 1.165) is 73.0 Å². The van der Waals surface area contributed by atoms with E-state index >= 15 is 0 Å². The number of benzene rings is 1. The molecule has 1 saturated carbocycles. The number of nitrogen functional groups attached to an aromatic ring is 2. The summed E-state index contributed by atoms with van der Waals surface area (Å²) in [5.74, 6) is 1.41. The zero-order chi connectivity index (χ0) is 22.1. The summed E-state index contributed by atoms with van der Waals surface area (Å²) in [4.78, 5) is 23.3. The Bertz CT molecular complexity index is 1120. The molecule has 1 saturated heterocycles. The standard InChI is InChI=1S/C22H28N8O2/c23-20-16-8-7-13(10-18(16)28-29-20)17-11-19(27-21(24)26-17)30-9-3-4-14(12-30)25-22(31)32-15-5-1-2-6-15/h7-8,10-11,14-15H,1-6,9,12H2,(H,25,31)(H3,23,28,29)(H2,24,26,27). The summed E-state index contributed by atoms with van der Waals surface area (Å²) in [5, 5.41) is 10.9. The molecular formula is C22H28N8O2. The second-order valence-corrected chi connectivity index (χ2v) is 8.58. The first kappa shape index (κ1) is 20.3. The molecule has 1 aliphatic carbocycles. The van der Waals surface area contributed by atoms with Gasteiger partial charge in [-0.05, 0) is 50.7 Å². The number of rotatable bonds is 4. The molecule has 5 rings (SSSR count). The Labute approximate surface area is 185 Å². The average Bonchev–Trinajstić information content (AvgIpc) is 3.43. The second kappa shape index (κ2) is 8.52. The van der Waals surface area contributed by atoms with Crippen LogP contribution in [-0.4, -0.2) is 51.5 Å². The SMILES string of the molecule is Nc1nc(-c2ccc3c(N)n[nH]c3c2)cc(N2CCCC(NC(=O)OC3CCCC3)C2)n1. The summed E-state index contributed by atoms with van der Waals surface area (Å²) in [7, 11) is 0. The Balaban J connectivity index is 1.31. The van der Waals surface area contributed by atoms with E-state index in [9.17, 15) is 4.79 Å². The van der Waals surface area contributed by atoms with Gasteiger partial charge in [0.05, 0.1) is 11.2 Å². The zero-order valence-electron chi connectivity index (χ0n) is 17.9. The van der Waals surface area contributed by atoms with Crippen LogP contribution in [-0.2, 0) is 4.74 Å². The first-order chi connectivity index (χ1) is 15.5. The van der Waals surface area contributed by atoms with Gasteiger partial charge in [-0.25, -0.2) is 9.78 Å². The molecule has 0 radical (unpaired) electrons. The number of nitrogens with one attached hydrogen (secondary N) is 2. The highest BCUT2D eigenvalue weighted by molar-refractivity contribution is 5.91. The van der Waals surface area contributed by atoms with Crippen molar-refractivity contribution in [2.24, 2.45) is 0 Å². The molecule has 3 aromatic rings. The monoisotopic (exact) mass is 436 g/mol. The first-order valence-electron chi connectivity index (χ1n) is 11.2. The molecule has 3 heterocycles. The molecule has 10 heteroatoms. The van der Waals surface area contributed by atoms with Gasteiger partial charge in [0, 0.05) is 36.1 Å². The van der Waals surface area contributed by atoms with Crippen LogP contribution in [0.5, 0.6) is 0 Å². The highest BCUT2D eigenvalue weighted by atomic mass is 16.6. The summed E-state index contributed by atoms with van der Waals surface area (Å²) in [5.41, 5.74) is 14.4. The number of piperidine rings is 1. The molecule has 1 unspecified atom stereocenters. The van der Waals surface area contributed by atoms with Crippen LogP contribution in [0.4, 0.5) is 22.4 Å². The number of nitrogens with zero attached hydrogens (tertiary/aromatic N) is 4. The van der Waals surface area contributed by atoms with Crippen LogP contribution in [0.15, 0.2) is 24.3 Å². The van der Waals surface area contributed by atoms with Crippen LogP contribution in [0.2, 0.25) is 0 Å². The molecule has 2 fully saturated rings. The van der Waals surface area contributed by atoms with Crippen LogP contribution in [0.25, 0.3) is 22.2 Å². The zero-order valence-corrected chi connectivity index (χ0v) is 17.9. The molecule has 6 N–H and O–H groups in total. The molecule has 32 heavy (non-hydrogen) atoms. The predicted molar refractivity (Wildman–Crippen MR) is 123 cm³/mol. The number of hydrogen-bond donors (Lipinski definition) is 4. The summed E-state index contributed by atoms with van der Waals surface area (Å²) in [6.07, 6.45) is 5.77. The number of alkyl carbamates (subject to hydrolysis) is 1. The number of ether oxygens (including phenoxy) is 1. The third kappa shape index (κ3) is 4.25. The van der Waals surface area contributed by atoms with Gasteiger partial charge in [-0.3, -0.25) is 5.10 Å². The van der Waals surface area contributed by atoms with Crippen LogP contribution in [0, 0.1) is 0 Å². The summed E-state index contributed by atoms with van der Waals surface area (Å²) >= 11 is 0. The predicted octanol–water partition coefficient (Wildman–Crippen LogP) is 2.82. The first-order valence-corrected chi connectivity index (χ1v) is 11.2. The number of aromatic amines is 1. The Hall–Kier alpha value is -3.56. The minimum Gasteiger partial charge on any atom is -0.446 e. The maximum absolute atomic E-state index is 12.3. The van der Waals surface area contributed by atoms with Gasteiger partial charge >= 0.3 is 6.09 Å². The van der Waals surface area contributed by atoms with E-state index in [-0.39, 0.29) is 24.2 Å². The van der Waals surface area contributed by atoms with E-state index in [2.05, 4.69) is 30.4 Å². The van der Waals surface area contributed by atoms with E-state index in [1.807, 2.05) is 24.3 Å². The van der Waals surface area contributed by atoms with E-state index in [1.54, 1.807) is 0 Å². The van der Waals surface area contributed by atoms with Crippen molar-refractivity contribution in [3.63, 3.8) is 0 Å². The number of anilines is 3. The third-order valence-corrected chi connectivity index (χ3v) is 6.26. The van der Waals surface area contributed by atoms with Gasteiger partial charge in [-0.1, -0.05) is 6.07 Å². The highest BCUT2D eigenvalue weighted by Gasteiger charge is 2.26. The van der Waals surface area contributed by atoms with E-state index in [4.69, 9.17) is 16.2 Å². The quantitative estimate of drug-likeness (QED) is 0.488. The normalized spacial score (nSPS) is 19.4. The van der Waals surface area contributed by atoms with Gasteiger partial charge in [-0.15, -0.1) is 0 Å². The lowest BCUT2D eigenvalue weighted by molar-refractivity contribution is 0.0970. The molecule has 1 aromatic carbocycles. The van der Waals surface area contributed by atoms with Crippen molar-refractivity contribution in [2.45, 2.75) is 50.7 Å². The molecule has 0 spiro atoms. The number of carbonyl (C=O) groups excluding carboxylic acids is 1. The van der Waals surface area contributed by atoms with E-state index in [1.165, 1.54) is 0 Å². The van der Waals surface area contributed by atoms with Gasteiger partial charge in [0.25, 0.3) is 0 Å². The summed E-state index contributed by atoms with van der Waals surface area (Å²) in [6, 6.07) is 7.74. The molecule has 2 aromatic heterocycles. The molecular weight excluding hydrogens is 408 g/mol. The Morgan fingerprint density at radius 1 is 1.12 bits per heavy atom. The maximum Gasteiger partial charge on any atom is 0.407 e. The smallest absolute Gasteiger partial charge is 0.407 e. The number of carbonyl (C=O) groups is 1. The van der Waals surface area contributed by atoms with Crippen LogP contribution in [0.3, 0.4) is 0 Å². The topological polar surface area (TPSA) is 148 Å². The highest BCUT2D eigenvalue weighted by Crippen LogP contribution is 2.28. The molecule has 2 aliphatic rings. The average molecular weight is 437 g/mol. The number of fused-ring (bicyclic) bond motifs is 1. The van der Waals surface area contributed by atoms with Gasteiger partial charge in [0.2, 0.25) is 5.95 Å². The number of aromatic nitrogens is 4. The van der Waals surface area contributed by atoms with Crippen LogP contribution >= 0.6 is 0 Å². The third-order valence-electron chi connectivity index (χ3n) is 6.26. The van der Waals surface area contributed by atoms with Crippen molar-refractivity contribution in [1.29, 1.82) is 0 Å².